The van der Waals surface area contributed by atoms with Crippen molar-refractivity contribution in [3.8, 4) is 0 Å². The van der Waals surface area contributed by atoms with Gasteiger partial charge in [-0.3, -0.25) is 0 Å². The van der Waals surface area contributed by atoms with Crippen LogP contribution in [0.15, 0.2) is 9.59 Å². The van der Waals surface area contributed by atoms with Crippen LogP contribution in [-0.4, -0.2) is 61.3 Å². The van der Waals surface area contributed by atoms with E-state index in [-0.39, 0.29) is 58.5 Å². The third kappa shape index (κ3) is 0.778. The summed E-state index contributed by atoms with van der Waals surface area (Å²) in [5.41, 5.74) is -1.26. The van der Waals surface area contributed by atoms with Crippen LogP contribution in [0.4, 0.5) is 0 Å². The standard InChI is InChI=1S/C15H17N5O5/c1-16-12(21)17-10-8-9-11(18(17)13(16)22)14-4-24-5-15(10,14)7-3-2-6(14)19(25-9)20(7,8)23/h6-11H,2-5H2,1H3/t6-,7+,8-,9+,10+,11-,14+,15-,20?/m1/s1. The second-order valence-corrected chi connectivity index (χ2v) is 8.92. The molecule has 0 N–H and O–H groups in total. The van der Waals surface area contributed by atoms with Gasteiger partial charge in [-0.1, -0.05) is 0 Å². The number of hydrogen-bond donors (Lipinski definition) is 0. The Labute approximate surface area is 140 Å². The van der Waals surface area contributed by atoms with E-state index in [2.05, 4.69) is 0 Å². The van der Waals surface area contributed by atoms with Gasteiger partial charge in [-0.15, -0.1) is 0 Å². The smallest absolute Gasteiger partial charge is 0.347 e. The lowest BCUT2D eigenvalue weighted by molar-refractivity contribution is -1.05. The zero-order chi connectivity index (χ0) is 16.7. The zero-order valence-electron chi connectivity index (χ0n) is 13.6. The van der Waals surface area contributed by atoms with Crippen LogP contribution in [0.5, 0.6) is 0 Å². The zero-order valence-corrected chi connectivity index (χ0v) is 13.6. The molecule has 2 aliphatic carbocycles. The highest BCUT2D eigenvalue weighted by Gasteiger charge is 2.97. The van der Waals surface area contributed by atoms with Crippen LogP contribution in [0.2, 0.25) is 0 Å². The van der Waals surface area contributed by atoms with Crippen LogP contribution >= 0.6 is 0 Å². The van der Waals surface area contributed by atoms with Crippen molar-refractivity contribution < 1.29 is 14.3 Å². The van der Waals surface area contributed by atoms with Crippen molar-refractivity contribution in [3.63, 3.8) is 0 Å². The number of quaternary nitrogens is 1. The van der Waals surface area contributed by atoms with E-state index in [9.17, 15) is 14.8 Å². The highest BCUT2D eigenvalue weighted by atomic mass is 16.9. The van der Waals surface area contributed by atoms with Gasteiger partial charge < -0.3 is 9.94 Å². The number of nitrogens with zero attached hydrogens (tertiary/aromatic N) is 5. The summed E-state index contributed by atoms with van der Waals surface area (Å²) in [6.07, 6.45) is 1.40. The van der Waals surface area contributed by atoms with Crippen molar-refractivity contribution >= 4 is 0 Å². The molecular formula is C15H17N5O5. The fraction of sp³-hybridized carbons (Fsp3) is 0.867. The van der Waals surface area contributed by atoms with Gasteiger partial charge in [-0.05, 0) is 11.6 Å². The molecule has 1 aromatic heterocycles. The summed E-state index contributed by atoms with van der Waals surface area (Å²) in [6, 6.07) is -1.11. The van der Waals surface area contributed by atoms with Gasteiger partial charge in [0.15, 0.2) is 12.1 Å². The lowest BCUT2D eigenvalue weighted by Crippen LogP contribution is -2.82. The SMILES string of the molecule is Cn1c(=O)n2n(c1=O)[C@@H]1[C@H]3ON4[C@@H]5CC[C@H]6[C@]7(COC[C@]517)[C@@H]2[C@@H]3[N+]64[O-]. The maximum absolute atomic E-state index is 14.1. The lowest BCUT2D eigenvalue weighted by Gasteiger charge is -2.69. The van der Waals surface area contributed by atoms with Crippen LogP contribution < -0.4 is 11.4 Å². The molecule has 132 valence electrons. The molecule has 1 unspecified atom stereocenters. The third-order valence-electron chi connectivity index (χ3n) is 8.88. The van der Waals surface area contributed by atoms with E-state index in [4.69, 9.17) is 9.57 Å². The van der Waals surface area contributed by atoms with Crippen molar-refractivity contribution in [1.29, 1.82) is 0 Å². The summed E-state index contributed by atoms with van der Waals surface area (Å²) in [4.78, 5) is 31.9. The Morgan fingerprint density at radius 2 is 1.84 bits per heavy atom. The van der Waals surface area contributed by atoms with Crippen LogP contribution in [0.25, 0.3) is 0 Å². The maximum Gasteiger partial charge on any atom is 0.347 e. The van der Waals surface area contributed by atoms with E-state index in [0.717, 1.165) is 12.8 Å². The number of aromatic nitrogens is 3. The molecule has 10 rings (SSSR count). The molecule has 7 aliphatic heterocycles. The van der Waals surface area contributed by atoms with Crippen LogP contribution in [0, 0.1) is 16.0 Å². The van der Waals surface area contributed by atoms with Gasteiger partial charge in [0, 0.05) is 13.5 Å². The molecule has 0 aromatic carbocycles. The molecular weight excluding hydrogens is 330 g/mol. The monoisotopic (exact) mass is 347 g/mol. The van der Waals surface area contributed by atoms with Crippen molar-refractivity contribution in [3.05, 3.63) is 26.2 Å². The van der Waals surface area contributed by atoms with E-state index in [0.29, 0.717) is 13.2 Å². The normalized spacial score (nSPS) is 60.9. The van der Waals surface area contributed by atoms with Crippen molar-refractivity contribution in [1.82, 2.24) is 19.1 Å². The van der Waals surface area contributed by atoms with Crippen LogP contribution in [0.3, 0.4) is 0 Å². The molecule has 9 atom stereocenters. The average Bonchev–Trinajstić information content (AvgIpc) is 3.27. The molecule has 1 aromatic rings. The minimum absolute atomic E-state index is 0.0373. The van der Waals surface area contributed by atoms with E-state index < -0.39 is 4.76 Å². The molecule has 25 heavy (non-hydrogen) atoms. The summed E-state index contributed by atoms with van der Waals surface area (Å²) in [5.74, 6) is 0. The van der Waals surface area contributed by atoms with Gasteiger partial charge >= 0.3 is 11.4 Å². The average molecular weight is 347 g/mol. The fourth-order valence-corrected chi connectivity index (χ4v) is 8.50. The molecule has 7 bridgehead atoms. The first-order valence-electron chi connectivity index (χ1n) is 9.05. The highest BCUT2D eigenvalue weighted by molar-refractivity contribution is 5.34. The summed E-state index contributed by atoms with van der Waals surface area (Å²) in [5, 5.41) is 15.8. The number of rotatable bonds is 0. The molecule has 8 heterocycles. The highest BCUT2D eigenvalue weighted by Crippen LogP contribution is 2.83. The van der Waals surface area contributed by atoms with Crippen molar-refractivity contribution in [2.45, 2.75) is 49.2 Å². The first kappa shape index (κ1) is 12.8. The Morgan fingerprint density at radius 1 is 1.12 bits per heavy atom. The maximum atomic E-state index is 14.1. The molecule has 0 radical (unpaired) electrons. The lowest BCUT2D eigenvalue weighted by atomic mass is 9.44. The Kier molecular flexibility index (Phi) is 1.57. The Hall–Kier alpha value is -1.46. The number of ether oxygens (including phenoxy) is 1. The van der Waals surface area contributed by atoms with Crippen LogP contribution in [-0.2, 0) is 16.6 Å². The number of fused-ring (bicyclic) bond motifs is 1. The molecule has 0 amide bonds. The van der Waals surface area contributed by atoms with Gasteiger partial charge in [-0.2, -0.15) is 0 Å². The fourth-order valence-electron chi connectivity index (χ4n) is 8.50. The van der Waals surface area contributed by atoms with Gasteiger partial charge in [-0.25, -0.2) is 33.1 Å². The molecule has 5 saturated heterocycles. The van der Waals surface area contributed by atoms with Crippen LogP contribution in [0.1, 0.15) is 24.9 Å². The van der Waals surface area contributed by atoms with E-state index in [1.807, 2.05) is 0 Å². The van der Waals surface area contributed by atoms with Gasteiger partial charge in [0.1, 0.15) is 18.1 Å². The van der Waals surface area contributed by atoms with E-state index in [1.54, 1.807) is 14.5 Å². The largest absolute Gasteiger partial charge is 0.609 e. The molecule has 2 saturated carbocycles. The molecule has 10 nitrogen and oxygen atoms in total. The summed E-state index contributed by atoms with van der Waals surface area (Å²) in [7, 11) is 1.52. The third-order valence-corrected chi connectivity index (χ3v) is 8.88. The van der Waals surface area contributed by atoms with Crippen molar-refractivity contribution in [2.75, 3.05) is 13.2 Å². The first-order valence-corrected chi connectivity index (χ1v) is 9.05. The first-order chi connectivity index (χ1) is 12.0. The van der Waals surface area contributed by atoms with Crippen molar-refractivity contribution in [2.24, 2.45) is 17.9 Å². The van der Waals surface area contributed by atoms with E-state index in [1.165, 1.54) is 11.6 Å². The quantitative estimate of drug-likeness (QED) is 0.407. The Balaban J connectivity index is 1.63. The summed E-state index contributed by atoms with van der Waals surface area (Å²) in [6.45, 7) is 1.07. The molecule has 7 fully saturated rings. The minimum Gasteiger partial charge on any atom is -0.609 e. The second kappa shape index (κ2) is 3.05. The predicted octanol–water partition coefficient (Wildman–Crippen LogP) is -1.77. The van der Waals surface area contributed by atoms with Gasteiger partial charge in [0.2, 0.25) is 0 Å². The Morgan fingerprint density at radius 3 is 2.64 bits per heavy atom. The van der Waals surface area contributed by atoms with Gasteiger partial charge in [0.05, 0.1) is 30.1 Å². The molecule has 1 spiro atoms. The topological polar surface area (TPSA) is 93.7 Å². The Bertz CT molecular complexity index is 1020. The summed E-state index contributed by atoms with van der Waals surface area (Å²) >= 11 is 0. The van der Waals surface area contributed by atoms with Gasteiger partial charge in [0.25, 0.3) is 0 Å². The number of hydrogen-bond acceptors (Lipinski definition) is 6. The van der Waals surface area contributed by atoms with E-state index >= 15 is 0 Å². The predicted molar refractivity (Wildman–Crippen MR) is 78.6 cm³/mol. The molecule has 10 heteroatoms. The number of hydroxylamine groups is 3. The molecule has 9 aliphatic rings. The minimum atomic E-state index is -0.461. The summed E-state index contributed by atoms with van der Waals surface area (Å²) < 4.78 is 9.99. The second-order valence-electron chi connectivity index (χ2n) is 8.92.